The average molecular weight is 334 g/mol. The van der Waals surface area contributed by atoms with Gasteiger partial charge in [-0.25, -0.2) is 13.8 Å². The summed E-state index contributed by atoms with van der Waals surface area (Å²) < 4.78 is 28.5. The van der Waals surface area contributed by atoms with Crippen LogP contribution in [0.25, 0.3) is 11.3 Å². The standard InChI is InChI=1S/C15H12F2N4OS/c1-8-7-23-15(18-8)19-14(22)12-6-13(21(2)20-12)10-5-9(16)3-4-11(10)17/h3-7H,1-2H3,(H,18,19,22). The van der Waals surface area contributed by atoms with Gasteiger partial charge < -0.3 is 0 Å². The molecular formula is C15H12F2N4OS. The average Bonchev–Trinajstić information content (AvgIpc) is 3.08. The van der Waals surface area contributed by atoms with Crippen LogP contribution >= 0.6 is 11.3 Å². The number of hydrogen-bond donors (Lipinski definition) is 1. The maximum absolute atomic E-state index is 13.9. The number of hydrogen-bond acceptors (Lipinski definition) is 4. The molecular weight excluding hydrogens is 322 g/mol. The van der Waals surface area contributed by atoms with E-state index >= 15 is 0 Å². The van der Waals surface area contributed by atoms with Crippen LogP contribution in [0.5, 0.6) is 0 Å². The minimum absolute atomic E-state index is 0.0455. The number of rotatable bonds is 3. The van der Waals surface area contributed by atoms with Crippen molar-refractivity contribution in [1.29, 1.82) is 0 Å². The number of thiazole rings is 1. The van der Waals surface area contributed by atoms with Crippen molar-refractivity contribution in [3.05, 3.63) is 52.7 Å². The van der Waals surface area contributed by atoms with Gasteiger partial charge in [-0.2, -0.15) is 5.10 Å². The summed E-state index contributed by atoms with van der Waals surface area (Å²) in [6, 6.07) is 4.55. The Morgan fingerprint density at radius 1 is 1.30 bits per heavy atom. The molecule has 0 aliphatic rings. The molecule has 0 unspecified atom stereocenters. The lowest BCUT2D eigenvalue weighted by Gasteiger charge is -2.03. The molecule has 0 saturated carbocycles. The van der Waals surface area contributed by atoms with Crippen LogP contribution in [0, 0.1) is 18.6 Å². The van der Waals surface area contributed by atoms with E-state index in [0.717, 1.165) is 23.9 Å². The first-order valence-electron chi connectivity index (χ1n) is 6.67. The molecule has 1 aromatic carbocycles. The molecule has 0 atom stereocenters. The lowest BCUT2D eigenvalue weighted by atomic mass is 10.1. The molecule has 23 heavy (non-hydrogen) atoms. The third-order valence-electron chi connectivity index (χ3n) is 3.16. The van der Waals surface area contributed by atoms with Crippen LogP contribution in [0.4, 0.5) is 13.9 Å². The zero-order chi connectivity index (χ0) is 16.6. The van der Waals surface area contributed by atoms with Crippen LogP contribution in [-0.4, -0.2) is 20.7 Å². The Kier molecular flexibility index (Phi) is 3.91. The smallest absolute Gasteiger partial charge is 0.277 e. The van der Waals surface area contributed by atoms with Gasteiger partial charge in [-0.1, -0.05) is 0 Å². The van der Waals surface area contributed by atoms with E-state index in [1.54, 1.807) is 7.05 Å². The first kappa shape index (κ1) is 15.3. The van der Waals surface area contributed by atoms with Crippen LogP contribution in [0.1, 0.15) is 16.2 Å². The van der Waals surface area contributed by atoms with Gasteiger partial charge in [-0.3, -0.25) is 14.8 Å². The number of nitrogens with zero attached hydrogens (tertiary/aromatic N) is 3. The van der Waals surface area contributed by atoms with Crippen molar-refractivity contribution in [3.8, 4) is 11.3 Å². The van der Waals surface area contributed by atoms with Gasteiger partial charge in [0.15, 0.2) is 10.8 Å². The van der Waals surface area contributed by atoms with Gasteiger partial charge >= 0.3 is 0 Å². The molecule has 3 rings (SSSR count). The number of aromatic nitrogens is 3. The number of halogens is 2. The summed E-state index contributed by atoms with van der Waals surface area (Å²) in [6.45, 7) is 1.82. The molecule has 8 heteroatoms. The van der Waals surface area contributed by atoms with Crippen LogP contribution in [0.3, 0.4) is 0 Å². The van der Waals surface area contributed by atoms with Crippen molar-refractivity contribution < 1.29 is 13.6 Å². The van der Waals surface area contributed by atoms with Gasteiger partial charge in [0.1, 0.15) is 11.6 Å². The Bertz CT molecular complexity index is 887. The Labute approximate surface area is 134 Å². The van der Waals surface area contributed by atoms with E-state index in [4.69, 9.17) is 0 Å². The SMILES string of the molecule is Cc1csc(NC(=O)c2cc(-c3cc(F)ccc3F)n(C)n2)n1. The number of carbonyl (C=O) groups excluding carboxylic acids is 1. The van der Waals surface area contributed by atoms with Crippen molar-refractivity contribution in [2.45, 2.75) is 6.92 Å². The highest BCUT2D eigenvalue weighted by molar-refractivity contribution is 7.13. The molecule has 0 saturated heterocycles. The minimum Gasteiger partial charge on any atom is -0.296 e. The number of nitrogens with one attached hydrogen (secondary N) is 1. The number of benzene rings is 1. The molecule has 118 valence electrons. The fourth-order valence-electron chi connectivity index (χ4n) is 2.10. The van der Waals surface area contributed by atoms with Crippen molar-refractivity contribution in [2.24, 2.45) is 7.05 Å². The minimum atomic E-state index is -0.586. The van der Waals surface area contributed by atoms with Crippen molar-refractivity contribution >= 4 is 22.4 Å². The molecule has 0 aliphatic heterocycles. The quantitative estimate of drug-likeness (QED) is 0.799. The number of anilines is 1. The topological polar surface area (TPSA) is 59.8 Å². The van der Waals surface area contributed by atoms with Gasteiger partial charge in [-0.15, -0.1) is 11.3 Å². The molecule has 5 nitrogen and oxygen atoms in total. The van der Waals surface area contributed by atoms with Gasteiger partial charge in [0.2, 0.25) is 0 Å². The monoisotopic (exact) mass is 334 g/mol. The number of aryl methyl sites for hydroxylation is 2. The van der Waals surface area contributed by atoms with E-state index in [-0.39, 0.29) is 11.3 Å². The van der Waals surface area contributed by atoms with E-state index in [0.29, 0.717) is 10.8 Å². The number of amides is 1. The summed E-state index contributed by atoms with van der Waals surface area (Å²) in [6.07, 6.45) is 0. The fourth-order valence-corrected chi connectivity index (χ4v) is 2.78. The van der Waals surface area contributed by atoms with Crippen LogP contribution in [0.15, 0.2) is 29.6 Å². The summed E-state index contributed by atoms with van der Waals surface area (Å²) >= 11 is 1.30. The van der Waals surface area contributed by atoms with Crippen molar-refractivity contribution in [2.75, 3.05) is 5.32 Å². The zero-order valence-corrected chi connectivity index (χ0v) is 13.1. The maximum atomic E-state index is 13.9. The molecule has 0 fully saturated rings. The zero-order valence-electron chi connectivity index (χ0n) is 12.3. The van der Waals surface area contributed by atoms with Gasteiger partial charge in [0, 0.05) is 18.0 Å². The highest BCUT2D eigenvalue weighted by Crippen LogP contribution is 2.24. The van der Waals surface area contributed by atoms with E-state index in [9.17, 15) is 13.6 Å². The van der Waals surface area contributed by atoms with Crippen LogP contribution in [-0.2, 0) is 7.05 Å². The lowest BCUT2D eigenvalue weighted by molar-refractivity contribution is 0.102. The second kappa shape index (κ2) is 5.88. The summed E-state index contributed by atoms with van der Waals surface area (Å²) in [4.78, 5) is 16.3. The van der Waals surface area contributed by atoms with Gasteiger partial charge in [-0.05, 0) is 31.2 Å². The first-order chi connectivity index (χ1) is 10.9. The summed E-state index contributed by atoms with van der Waals surface area (Å²) in [5.41, 5.74) is 1.25. The van der Waals surface area contributed by atoms with E-state index in [2.05, 4.69) is 15.4 Å². The molecule has 0 aliphatic carbocycles. The molecule has 1 N–H and O–H groups in total. The molecule has 0 spiro atoms. The van der Waals surface area contributed by atoms with E-state index in [1.165, 1.54) is 22.1 Å². The van der Waals surface area contributed by atoms with Gasteiger partial charge in [0.05, 0.1) is 11.4 Å². The predicted octanol–water partition coefficient (Wildman–Crippen LogP) is 3.38. The van der Waals surface area contributed by atoms with Crippen LogP contribution in [0.2, 0.25) is 0 Å². The molecule has 1 amide bonds. The third kappa shape index (κ3) is 3.11. The second-order valence-electron chi connectivity index (χ2n) is 4.91. The van der Waals surface area contributed by atoms with Crippen molar-refractivity contribution in [3.63, 3.8) is 0 Å². The third-order valence-corrected chi connectivity index (χ3v) is 4.03. The molecule has 2 aromatic heterocycles. The first-order valence-corrected chi connectivity index (χ1v) is 7.55. The predicted molar refractivity (Wildman–Crippen MR) is 83.4 cm³/mol. The summed E-state index contributed by atoms with van der Waals surface area (Å²) in [7, 11) is 1.56. The molecule has 0 bridgehead atoms. The normalized spacial score (nSPS) is 10.8. The highest BCUT2D eigenvalue weighted by Gasteiger charge is 2.17. The maximum Gasteiger partial charge on any atom is 0.277 e. The van der Waals surface area contributed by atoms with E-state index in [1.807, 2.05) is 12.3 Å². The highest BCUT2D eigenvalue weighted by atomic mass is 32.1. The largest absolute Gasteiger partial charge is 0.296 e. The van der Waals surface area contributed by atoms with E-state index < -0.39 is 17.5 Å². The van der Waals surface area contributed by atoms with Crippen molar-refractivity contribution in [1.82, 2.24) is 14.8 Å². The summed E-state index contributed by atoms with van der Waals surface area (Å²) in [5.74, 6) is -1.61. The Balaban J connectivity index is 1.91. The second-order valence-corrected chi connectivity index (χ2v) is 5.77. The summed E-state index contributed by atoms with van der Waals surface area (Å²) in [5, 5.41) is 8.94. The number of carbonyl (C=O) groups is 1. The Morgan fingerprint density at radius 3 is 2.78 bits per heavy atom. The molecule has 0 radical (unpaired) electrons. The Morgan fingerprint density at radius 2 is 2.09 bits per heavy atom. The fraction of sp³-hybridized carbons (Fsp3) is 0.133. The van der Waals surface area contributed by atoms with Crippen LogP contribution < -0.4 is 5.32 Å². The molecule has 2 heterocycles. The van der Waals surface area contributed by atoms with Gasteiger partial charge in [0.25, 0.3) is 5.91 Å². The Hall–Kier alpha value is -2.61. The molecule has 3 aromatic rings. The lowest BCUT2D eigenvalue weighted by Crippen LogP contribution is -2.12.